The lowest BCUT2D eigenvalue weighted by Gasteiger charge is -2.31. The second kappa shape index (κ2) is 11.8. The fourth-order valence-corrected chi connectivity index (χ4v) is 5.87. The number of H-pyrrole nitrogens is 1. The highest BCUT2D eigenvalue weighted by Crippen LogP contribution is 2.30. The summed E-state index contributed by atoms with van der Waals surface area (Å²) in [5, 5.41) is 16.1. The van der Waals surface area contributed by atoms with Crippen molar-refractivity contribution in [3.8, 4) is 0 Å². The number of rotatable bonds is 10. The molecule has 0 unspecified atom stereocenters. The maximum atomic E-state index is 13.7. The summed E-state index contributed by atoms with van der Waals surface area (Å²) >= 11 is 1.71. The second-order valence-electron chi connectivity index (χ2n) is 10.0. The van der Waals surface area contributed by atoms with Crippen molar-refractivity contribution in [2.75, 3.05) is 6.54 Å². The fourth-order valence-electron chi connectivity index (χ4n) is 5.14. The Morgan fingerprint density at radius 2 is 1.70 bits per heavy atom. The monoisotopic (exact) mass is 546 g/mol. The Morgan fingerprint density at radius 3 is 2.45 bits per heavy atom. The van der Waals surface area contributed by atoms with Crippen molar-refractivity contribution in [1.82, 2.24) is 30.1 Å². The second-order valence-corrected chi connectivity index (χ2v) is 11.0. The predicted molar refractivity (Wildman–Crippen MR) is 159 cm³/mol. The van der Waals surface area contributed by atoms with E-state index in [1.165, 1.54) is 10.4 Å². The largest absolute Gasteiger partial charge is 0.322 e. The molecule has 0 bridgehead atoms. The molecule has 0 saturated carbocycles. The molecule has 0 aliphatic rings. The van der Waals surface area contributed by atoms with E-state index in [2.05, 4.69) is 92.3 Å². The zero-order valence-corrected chi connectivity index (χ0v) is 23.1. The maximum absolute atomic E-state index is 13.7. The Kier molecular flexibility index (Phi) is 7.61. The lowest BCUT2D eigenvalue weighted by atomic mass is 10.0. The molecule has 1 atom stereocenters. The van der Waals surface area contributed by atoms with Crippen LogP contribution in [0, 0.1) is 6.92 Å². The van der Waals surface area contributed by atoms with E-state index < -0.39 is 6.04 Å². The average Bonchev–Trinajstić information content (AvgIpc) is 3.66. The third kappa shape index (κ3) is 5.78. The quantitative estimate of drug-likeness (QED) is 0.236. The van der Waals surface area contributed by atoms with Gasteiger partial charge in [0.1, 0.15) is 6.04 Å². The highest BCUT2D eigenvalue weighted by Gasteiger charge is 2.31. The van der Waals surface area contributed by atoms with Gasteiger partial charge >= 0.3 is 0 Å². The number of nitrogens with zero attached hydrogens (tertiary/aromatic N) is 5. The Hall–Kier alpha value is -4.40. The van der Waals surface area contributed by atoms with E-state index in [0.29, 0.717) is 24.5 Å². The molecule has 3 heterocycles. The smallest absolute Gasteiger partial charge is 0.253 e. The Balaban J connectivity index is 1.48. The lowest BCUT2D eigenvalue weighted by Crippen LogP contribution is -2.36. The van der Waals surface area contributed by atoms with Crippen LogP contribution in [0.25, 0.3) is 10.9 Å². The van der Waals surface area contributed by atoms with E-state index in [0.717, 1.165) is 35.0 Å². The number of nitrogens with one attached hydrogen (secondary N) is 1. The summed E-state index contributed by atoms with van der Waals surface area (Å²) in [5.41, 5.74) is 4.78. The first kappa shape index (κ1) is 25.9. The highest BCUT2D eigenvalue weighted by atomic mass is 32.1. The molecule has 6 rings (SSSR count). The molecule has 0 aliphatic heterocycles. The zero-order chi connectivity index (χ0) is 27.3. The third-order valence-electron chi connectivity index (χ3n) is 7.14. The standard InChI is InChI=1S/C32H30N6OS/c1-23-14-15-29-26(19-23)20-28(32(39)33-29)30(31-34-35-36-38(31)21-25-11-6-3-7-12-25)37(22-27-13-8-18-40-27)17-16-24-9-4-2-5-10-24/h2-15,18-20,30H,16-17,21-22H2,1H3,(H,33,39)/t30-/m0/s1. The van der Waals surface area contributed by atoms with Crippen molar-refractivity contribution in [2.24, 2.45) is 0 Å². The van der Waals surface area contributed by atoms with Gasteiger partial charge in [0.05, 0.1) is 6.54 Å². The number of benzene rings is 3. The number of thiophene rings is 1. The molecule has 0 spiro atoms. The van der Waals surface area contributed by atoms with Crippen LogP contribution in [0.2, 0.25) is 0 Å². The SMILES string of the molecule is Cc1ccc2[nH]c(=O)c([C@@H](c3nnnn3Cc3ccccc3)N(CCc3ccccc3)Cc3cccs3)cc2c1. The maximum Gasteiger partial charge on any atom is 0.253 e. The molecule has 0 saturated heterocycles. The number of aromatic amines is 1. The van der Waals surface area contributed by atoms with Crippen LogP contribution in [0.5, 0.6) is 0 Å². The van der Waals surface area contributed by atoms with Gasteiger partial charge in [0, 0.05) is 29.0 Å². The summed E-state index contributed by atoms with van der Waals surface area (Å²) in [6.45, 7) is 3.95. The molecule has 0 fully saturated rings. The van der Waals surface area contributed by atoms with Gasteiger partial charge in [-0.15, -0.1) is 16.4 Å². The van der Waals surface area contributed by atoms with Crippen LogP contribution in [0.15, 0.2) is 107 Å². The van der Waals surface area contributed by atoms with Crippen LogP contribution in [0.4, 0.5) is 0 Å². The van der Waals surface area contributed by atoms with Gasteiger partial charge in [-0.2, -0.15) is 0 Å². The molecule has 0 amide bonds. The van der Waals surface area contributed by atoms with Crippen molar-refractivity contribution < 1.29 is 0 Å². The van der Waals surface area contributed by atoms with Crippen LogP contribution in [-0.2, 0) is 19.5 Å². The van der Waals surface area contributed by atoms with E-state index in [1.807, 2.05) is 47.1 Å². The number of hydrogen-bond acceptors (Lipinski definition) is 6. The summed E-state index contributed by atoms with van der Waals surface area (Å²) in [4.78, 5) is 20.4. The van der Waals surface area contributed by atoms with Gasteiger partial charge < -0.3 is 4.98 Å². The Labute approximate surface area is 236 Å². The number of aryl methyl sites for hydroxylation is 1. The van der Waals surface area contributed by atoms with E-state index >= 15 is 0 Å². The first-order valence-corrected chi connectivity index (χ1v) is 14.3. The minimum Gasteiger partial charge on any atom is -0.322 e. The molecular weight excluding hydrogens is 516 g/mol. The molecule has 0 aliphatic carbocycles. The minimum absolute atomic E-state index is 0.133. The average molecular weight is 547 g/mol. The van der Waals surface area contributed by atoms with Gasteiger partial charge in [-0.1, -0.05) is 78.4 Å². The van der Waals surface area contributed by atoms with Crippen molar-refractivity contribution >= 4 is 22.2 Å². The van der Waals surface area contributed by atoms with Crippen molar-refractivity contribution in [3.05, 3.63) is 146 Å². The molecular formula is C32H30N6OS. The highest BCUT2D eigenvalue weighted by molar-refractivity contribution is 7.09. The number of tetrazole rings is 1. The molecule has 200 valence electrons. The summed E-state index contributed by atoms with van der Waals surface area (Å²) in [5.74, 6) is 0.644. The summed E-state index contributed by atoms with van der Waals surface area (Å²) in [7, 11) is 0. The van der Waals surface area contributed by atoms with Crippen LogP contribution in [-0.4, -0.2) is 36.6 Å². The Bertz CT molecular complexity index is 1750. The molecule has 3 aromatic carbocycles. The normalized spacial score (nSPS) is 12.2. The summed E-state index contributed by atoms with van der Waals surface area (Å²) in [6, 6.07) is 32.4. The van der Waals surface area contributed by atoms with E-state index in [4.69, 9.17) is 0 Å². The fraction of sp³-hybridized carbons (Fsp3) is 0.188. The summed E-state index contributed by atoms with van der Waals surface area (Å²) in [6.07, 6.45) is 0.827. The predicted octanol–water partition coefficient (Wildman–Crippen LogP) is 5.77. The third-order valence-corrected chi connectivity index (χ3v) is 8.00. The molecule has 3 aromatic heterocycles. The molecule has 8 heteroatoms. The van der Waals surface area contributed by atoms with Gasteiger partial charge in [-0.05, 0) is 69.9 Å². The number of aromatic nitrogens is 5. The zero-order valence-electron chi connectivity index (χ0n) is 22.3. The molecule has 7 nitrogen and oxygen atoms in total. The van der Waals surface area contributed by atoms with Gasteiger partial charge in [0.25, 0.3) is 5.56 Å². The van der Waals surface area contributed by atoms with Crippen LogP contribution >= 0.6 is 11.3 Å². The van der Waals surface area contributed by atoms with Crippen LogP contribution in [0.1, 0.15) is 39.0 Å². The minimum atomic E-state index is -0.460. The molecule has 40 heavy (non-hydrogen) atoms. The lowest BCUT2D eigenvalue weighted by molar-refractivity contribution is 0.207. The van der Waals surface area contributed by atoms with Gasteiger partial charge in [-0.3, -0.25) is 9.69 Å². The number of fused-ring (bicyclic) bond motifs is 1. The van der Waals surface area contributed by atoms with Gasteiger partial charge in [0.15, 0.2) is 5.82 Å². The molecule has 0 radical (unpaired) electrons. The van der Waals surface area contributed by atoms with Crippen LogP contribution < -0.4 is 5.56 Å². The van der Waals surface area contributed by atoms with E-state index in [9.17, 15) is 4.79 Å². The van der Waals surface area contributed by atoms with Crippen molar-refractivity contribution in [1.29, 1.82) is 0 Å². The topological polar surface area (TPSA) is 79.7 Å². The van der Waals surface area contributed by atoms with Gasteiger partial charge in [-0.25, -0.2) is 4.68 Å². The Morgan fingerprint density at radius 1 is 0.925 bits per heavy atom. The van der Waals surface area contributed by atoms with E-state index in [-0.39, 0.29) is 5.56 Å². The first-order valence-electron chi connectivity index (χ1n) is 13.4. The van der Waals surface area contributed by atoms with Crippen molar-refractivity contribution in [2.45, 2.75) is 32.5 Å². The van der Waals surface area contributed by atoms with Crippen LogP contribution in [0.3, 0.4) is 0 Å². The van der Waals surface area contributed by atoms with Gasteiger partial charge in [0.2, 0.25) is 0 Å². The molecule has 1 N–H and O–H groups in total. The summed E-state index contributed by atoms with van der Waals surface area (Å²) < 4.78 is 1.82. The first-order chi connectivity index (χ1) is 19.6. The number of hydrogen-bond donors (Lipinski definition) is 1. The molecule has 6 aromatic rings. The van der Waals surface area contributed by atoms with E-state index in [1.54, 1.807) is 11.3 Å². The van der Waals surface area contributed by atoms with Crippen molar-refractivity contribution in [3.63, 3.8) is 0 Å². The number of pyridine rings is 1.